The number of amides is 1. The van der Waals surface area contributed by atoms with Gasteiger partial charge in [-0.2, -0.15) is 11.8 Å². The van der Waals surface area contributed by atoms with Gasteiger partial charge in [-0.1, -0.05) is 0 Å². The summed E-state index contributed by atoms with van der Waals surface area (Å²) in [4.78, 5) is 21.6. The van der Waals surface area contributed by atoms with Crippen molar-refractivity contribution in [2.45, 2.75) is 6.42 Å². The standard InChI is InChI=1S/C12H14F2N2O4S/c13-9-6-8(11(16(19)20)7-10(9)14)12(18)15-2-5-21-4-1-3-17/h6-7,17H,1-5H2,(H,15,18). The molecule has 9 heteroatoms. The monoisotopic (exact) mass is 320 g/mol. The van der Waals surface area contributed by atoms with E-state index >= 15 is 0 Å². The molecule has 21 heavy (non-hydrogen) atoms. The molecular formula is C12H14F2N2O4S. The van der Waals surface area contributed by atoms with E-state index in [1.807, 2.05) is 0 Å². The molecule has 1 rings (SSSR count). The summed E-state index contributed by atoms with van der Waals surface area (Å²) in [6, 6.07) is 0.905. The molecule has 0 saturated carbocycles. The van der Waals surface area contributed by atoms with Crippen molar-refractivity contribution >= 4 is 23.4 Å². The van der Waals surface area contributed by atoms with Crippen LogP contribution in [0.15, 0.2) is 12.1 Å². The van der Waals surface area contributed by atoms with Gasteiger partial charge < -0.3 is 10.4 Å². The minimum absolute atomic E-state index is 0.0837. The minimum atomic E-state index is -1.38. The number of halogens is 2. The van der Waals surface area contributed by atoms with Gasteiger partial charge in [-0.25, -0.2) is 8.78 Å². The van der Waals surface area contributed by atoms with Crippen LogP contribution in [0.3, 0.4) is 0 Å². The molecule has 1 amide bonds. The summed E-state index contributed by atoms with van der Waals surface area (Å²) in [6.45, 7) is 0.311. The number of hydrogen-bond acceptors (Lipinski definition) is 5. The van der Waals surface area contributed by atoms with Crippen molar-refractivity contribution in [3.05, 3.63) is 39.4 Å². The van der Waals surface area contributed by atoms with Crippen LogP contribution in [0.1, 0.15) is 16.8 Å². The highest BCUT2D eigenvalue weighted by atomic mass is 32.2. The van der Waals surface area contributed by atoms with Gasteiger partial charge in [0.25, 0.3) is 11.6 Å². The zero-order valence-electron chi connectivity index (χ0n) is 11.0. The van der Waals surface area contributed by atoms with Gasteiger partial charge in [0.1, 0.15) is 5.56 Å². The minimum Gasteiger partial charge on any atom is -0.396 e. The first-order chi connectivity index (χ1) is 9.97. The van der Waals surface area contributed by atoms with Gasteiger partial charge in [0, 0.05) is 18.9 Å². The lowest BCUT2D eigenvalue weighted by Gasteiger charge is -2.06. The Morgan fingerprint density at radius 2 is 2.00 bits per heavy atom. The summed E-state index contributed by atoms with van der Waals surface area (Å²) in [5.41, 5.74) is -1.29. The Balaban J connectivity index is 2.65. The van der Waals surface area contributed by atoms with Gasteiger partial charge in [-0.05, 0) is 18.2 Å². The second kappa shape index (κ2) is 8.53. The summed E-state index contributed by atoms with van der Waals surface area (Å²) in [6.07, 6.45) is 0.632. The smallest absolute Gasteiger partial charge is 0.285 e. The summed E-state index contributed by atoms with van der Waals surface area (Å²) in [5.74, 6) is -2.26. The molecule has 0 saturated heterocycles. The van der Waals surface area contributed by atoms with Crippen molar-refractivity contribution in [3.8, 4) is 0 Å². The molecule has 0 spiro atoms. The van der Waals surface area contributed by atoms with Crippen LogP contribution < -0.4 is 5.32 Å². The molecule has 0 atom stereocenters. The van der Waals surface area contributed by atoms with Gasteiger partial charge in [-0.3, -0.25) is 14.9 Å². The van der Waals surface area contributed by atoms with Crippen molar-refractivity contribution in [3.63, 3.8) is 0 Å². The maximum Gasteiger partial charge on any atom is 0.285 e. The normalized spacial score (nSPS) is 10.4. The average Bonchev–Trinajstić information content (AvgIpc) is 2.44. The van der Waals surface area contributed by atoms with Crippen LogP contribution in [0.2, 0.25) is 0 Å². The predicted octanol–water partition coefficient (Wildman–Crippen LogP) is 1.72. The highest BCUT2D eigenvalue weighted by molar-refractivity contribution is 7.99. The molecule has 0 aromatic heterocycles. The highest BCUT2D eigenvalue weighted by Crippen LogP contribution is 2.22. The number of nitro groups is 1. The van der Waals surface area contributed by atoms with E-state index in [0.717, 1.165) is 5.75 Å². The Morgan fingerprint density at radius 1 is 1.33 bits per heavy atom. The number of benzene rings is 1. The molecule has 0 radical (unpaired) electrons. The van der Waals surface area contributed by atoms with E-state index in [1.165, 1.54) is 11.8 Å². The number of carbonyl (C=O) groups excluding carboxylic acids is 1. The lowest BCUT2D eigenvalue weighted by Crippen LogP contribution is -2.26. The summed E-state index contributed by atoms with van der Waals surface area (Å²) >= 11 is 1.49. The van der Waals surface area contributed by atoms with Crippen molar-refractivity contribution < 1.29 is 23.6 Å². The van der Waals surface area contributed by atoms with E-state index in [2.05, 4.69) is 5.32 Å². The third-order valence-electron chi connectivity index (χ3n) is 2.46. The fraction of sp³-hybridized carbons (Fsp3) is 0.417. The molecular weight excluding hydrogens is 306 g/mol. The fourth-order valence-corrected chi connectivity index (χ4v) is 2.25. The molecule has 0 bridgehead atoms. The molecule has 6 nitrogen and oxygen atoms in total. The van der Waals surface area contributed by atoms with Gasteiger partial charge in [0.15, 0.2) is 11.6 Å². The number of rotatable bonds is 8. The SMILES string of the molecule is O=C(NCCSCCCO)c1cc(F)c(F)cc1[N+](=O)[O-]. The van der Waals surface area contributed by atoms with Crippen LogP contribution >= 0.6 is 11.8 Å². The second-order valence-electron chi connectivity index (χ2n) is 3.99. The topological polar surface area (TPSA) is 92.5 Å². The number of nitrogens with zero attached hydrogens (tertiary/aromatic N) is 1. The van der Waals surface area contributed by atoms with Gasteiger partial charge in [0.2, 0.25) is 0 Å². The van der Waals surface area contributed by atoms with Crippen LogP contribution in [0, 0.1) is 21.7 Å². The first-order valence-corrected chi connectivity index (χ1v) is 7.23. The fourth-order valence-electron chi connectivity index (χ4n) is 1.47. The molecule has 0 aliphatic heterocycles. The Hall–Kier alpha value is -1.74. The third kappa shape index (κ3) is 5.27. The number of aliphatic hydroxyl groups excluding tert-OH is 1. The van der Waals surface area contributed by atoms with Crippen LogP contribution in [0.4, 0.5) is 14.5 Å². The molecule has 116 valence electrons. The number of nitrogens with one attached hydrogen (secondary N) is 1. The molecule has 0 unspecified atom stereocenters. The first kappa shape index (κ1) is 17.3. The first-order valence-electron chi connectivity index (χ1n) is 6.07. The van der Waals surface area contributed by atoms with Crippen molar-refractivity contribution in [2.75, 3.05) is 24.7 Å². The molecule has 2 N–H and O–H groups in total. The zero-order valence-corrected chi connectivity index (χ0v) is 11.8. The van der Waals surface area contributed by atoms with Crippen molar-refractivity contribution in [1.82, 2.24) is 5.32 Å². The van der Waals surface area contributed by atoms with Gasteiger partial charge >= 0.3 is 0 Å². The predicted molar refractivity (Wildman–Crippen MR) is 74.4 cm³/mol. The summed E-state index contributed by atoms with van der Waals surface area (Å²) in [5, 5.41) is 21.7. The zero-order chi connectivity index (χ0) is 15.8. The Kier molecular flexibility index (Phi) is 7.03. The van der Waals surface area contributed by atoms with E-state index in [-0.39, 0.29) is 13.2 Å². The summed E-state index contributed by atoms with van der Waals surface area (Å²) in [7, 11) is 0. The van der Waals surface area contributed by atoms with E-state index in [0.29, 0.717) is 24.3 Å². The molecule has 0 heterocycles. The lowest BCUT2D eigenvalue weighted by atomic mass is 10.1. The third-order valence-corrected chi connectivity index (χ3v) is 3.53. The maximum atomic E-state index is 13.1. The van der Waals surface area contributed by atoms with E-state index in [4.69, 9.17) is 5.11 Å². The second-order valence-corrected chi connectivity index (χ2v) is 5.21. The van der Waals surface area contributed by atoms with Gasteiger partial charge in [0.05, 0.1) is 11.0 Å². The Morgan fingerprint density at radius 3 is 2.62 bits per heavy atom. The maximum absolute atomic E-state index is 13.1. The number of nitro benzene ring substituents is 1. The lowest BCUT2D eigenvalue weighted by molar-refractivity contribution is -0.385. The van der Waals surface area contributed by atoms with Crippen LogP contribution in [0.5, 0.6) is 0 Å². The number of carbonyl (C=O) groups is 1. The van der Waals surface area contributed by atoms with Crippen LogP contribution in [0.25, 0.3) is 0 Å². The Labute approximate surface area is 123 Å². The largest absolute Gasteiger partial charge is 0.396 e. The van der Waals surface area contributed by atoms with E-state index in [9.17, 15) is 23.7 Å². The highest BCUT2D eigenvalue weighted by Gasteiger charge is 2.23. The quantitative estimate of drug-likeness (QED) is 0.432. The molecule has 0 fully saturated rings. The number of thioether (sulfide) groups is 1. The van der Waals surface area contributed by atoms with E-state index in [1.54, 1.807) is 0 Å². The average molecular weight is 320 g/mol. The Bertz CT molecular complexity index is 528. The molecule has 1 aromatic rings. The van der Waals surface area contributed by atoms with Gasteiger partial charge in [-0.15, -0.1) is 0 Å². The van der Waals surface area contributed by atoms with Crippen molar-refractivity contribution in [2.24, 2.45) is 0 Å². The molecule has 1 aromatic carbocycles. The number of aliphatic hydroxyl groups is 1. The molecule has 0 aliphatic carbocycles. The van der Waals surface area contributed by atoms with Crippen molar-refractivity contribution in [1.29, 1.82) is 0 Å². The van der Waals surface area contributed by atoms with E-state index < -0.39 is 33.7 Å². The van der Waals surface area contributed by atoms with Crippen LogP contribution in [-0.4, -0.2) is 40.6 Å². The molecule has 0 aliphatic rings. The number of hydrogen-bond donors (Lipinski definition) is 2. The van der Waals surface area contributed by atoms with Crippen LogP contribution in [-0.2, 0) is 0 Å². The summed E-state index contributed by atoms with van der Waals surface area (Å²) < 4.78 is 26.1.